The molecule has 75 heavy (non-hydrogen) atoms. The molecular weight excluding hydrogens is 961 g/mol. The Labute approximate surface area is 433 Å². The molecule has 4 aromatic heterocycles. The highest BCUT2D eigenvalue weighted by Crippen LogP contribution is 2.35. The van der Waals surface area contributed by atoms with E-state index in [4.69, 9.17) is 10.2 Å². The predicted molar refractivity (Wildman–Crippen MR) is 274 cm³/mol. The van der Waals surface area contributed by atoms with E-state index in [1.165, 1.54) is 36.4 Å². The number of ketones is 1. The van der Waals surface area contributed by atoms with Gasteiger partial charge in [0.05, 0.1) is 26.2 Å². The van der Waals surface area contributed by atoms with Crippen molar-refractivity contribution >= 4 is 35.3 Å². The maximum atomic E-state index is 13.8. The van der Waals surface area contributed by atoms with Crippen molar-refractivity contribution in [2.24, 2.45) is 5.92 Å². The molecule has 4 aliphatic rings. The average molecular weight is 1020 g/mol. The lowest BCUT2D eigenvalue weighted by Gasteiger charge is -2.33. The number of nitrogens with zero attached hydrogens (tertiary/aromatic N) is 8. The van der Waals surface area contributed by atoms with E-state index in [1.54, 1.807) is 80.5 Å². The quantitative estimate of drug-likeness (QED) is 0.105. The van der Waals surface area contributed by atoms with Crippen molar-refractivity contribution in [2.75, 3.05) is 39.3 Å². The second-order valence-electron chi connectivity index (χ2n) is 19.9. The maximum Gasteiger partial charge on any atom is 0.274 e. The standard InChI is InChI=1S/C29H32FN5O3.C27H29FN6O3/c1-3-23(36)15-20-10-13-33(14-11-20)29(38)26-24-18-34(28(37)25-5-4-12-31-25)16-19(2)27(24)35(32-26)17-21-6-8-22(30)9-7-21;1-3-23(35)30-20-10-12-32(15-20)27(37)24-21-16-33(26(36)22-5-4-11-29-22)13-17(2)25(21)34(31-24)14-18-6-8-19(28)9-7-18/h3-9,12,19-20,31H,1,10-11,13-18H2,2H3;3-9,11,17,20,29H,1,10,12-16H2,2H3,(H,30,35)/t19-;17-,20?/m11/s1. The molecule has 4 aliphatic heterocycles. The van der Waals surface area contributed by atoms with Crippen LogP contribution in [-0.4, -0.2) is 130 Å². The molecule has 0 aliphatic carbocycles. The van der Waals surface area contributed by atoms with E-state index in [0.29, 0.717) is 88.0 Å². The van der Waals surface area contributed by atoms with E-state index >= 15 is 0 Å². The summed E-state index contributed by atoms with van der Waals surface area (Å²) in [6.45, 7) is 15.3. The maximum absolute atomic E-state index is 13.8. The number of fused-ring (bicyclic) bond motifs is 2. The first kappa shape index (κ1) is 51.7. The van der Waals surface area contributed by atoms with Crippen LogP contribution in [0.2, 0.25) is 0 Å². The number of halogens is 2. The van der Waals surface area contributed by atoms with E-state index in [1.807, 2.05) is 23.2 Å². The Bertz CT molecular complexity index is 3080. The van der Waals surface area contributed by atoms with Gasteiger partial charge in [-0.1, -0.05) is 51.3 Å². The third-order valence-electron chi connectivity index (χ3n) is 14.6. The molecule has 2 saturated heterocycles. The fourth-order valence-corrected chi connectivity index (χ4v) is 10.8. The summed E-state index contributed by atoms with van der Waals surface area (Å²) in [4.78, 5) is 90.2. The Balaban J connectivity index is 0.000000184. The molecular formula is C56H61F2N11O6. The van der Waals surface area contributed by atoms with Gasteiger partial charge in [-0.15, -0.1) is 0 Å². The Morgan fingerprint density at radius 3 is 1.52 bits per heavy atom. The Morgan fingerprint density at radius 1 is 0.613 bits per heavy atom. The molecule has 0 bridgehead atoms. The lowest BCUT2D eigenvalue weighted by atomic mass is 9.91. The lowest BCUT2D eigenvalue weighted by molar-refractivity contribution is -0.117. The average Bonchev–Trinajstić information content (AvgIpc) is 4.29. The van der Waals surface area contributed by atoms with E-state index in [9.17, 15) is 37.5 Å². The minimum Gasteiger partial charge on any atom is -0.357 e. The fraction of sp³-hybridized carbons (Fsp3) is 0.357. The van der Waals surface area contributed by atoms with Crippen LogP contribution in [0.5, 0.6) is 0 Å². The van der Waals surface area contributed by atoms with Crippen LogP contribution in [0.15, 0.2) is 111 Å². The number of nitrogens with one attached hydrogen (secondary N) is 3. The number of aromatic nitrogens is 6. The van der Waals surface area contributed by atoms with Gasteiger partial charge in [0.2, 0.25) is 5.91 Å². The third kappa shape index (κ3) is 11.5. The molecule has 6 aromatic rings. The highest BCUT2D eigenvalue weighted by molar-refractivity contribution is 5.97. The number of piperidine rings is 1. The van der Waals surface area contributed by atoms with Crippen LogP contribution < -0.4 is 5.32 Å². The second-order valence-corrected chi connectivity index (χ2v) is 19.9. The van der Waals surface area contributed by atoms with Gasteiger partial charge in [-0.25, -0.2) is 8.78 Å². The number of amides is 5. The summed E-state index contributed by atoms with van der Waals surface area (Å²) >= 11 is 0. The smallest absolute Gasteiger partial charge is 0.274 e. The highest BCUT2D eigenvalue weighted by Gasteiger charge is 2.39. The first-order chi connectivity index (χ1) is 36.2. The number of rotatable bonds is 13. The minimum absolute atomic E-state index is 0.0317. The van der Waals surface area contributed by atoms with Gasteiger partial charge in [0, 0.05) is 98.5 Å². The van der Waals surface area contributed by atoms with Gasteiger partial charge in [-0.2, -0.15) is 10.2 Å². The number of benzene rings is 2. The molecule has 19 heteroatoms. The van der Waals surface area contributed by atoms with Crippen molar-refractivity contribution in [1.29, 1.82) is 0 Å². The molecule has 1 unspecified atom stereocenters. The number of hydrogen-bond acceptors (Lipinski definition) is 8. The number of likely N-dealkylation sites (tertiary alicyclic amines) is 2. The van der Waals surface area contributed by atoms with Crippen LogP contribution in [0.1, 0.15) is 127 Å². The van der Waals surface area contributed by atoms with Crippen LogP contribution >= 0.6 is 0 Å². The first-order valence-electron chi connectivity index (χ1n) is 25.4. The summed E-state index contributed by atoms with van der Waals surface area (Å²) in [7, 11) is 0. The van der Waals surface area contributed by atoms with Crippen molar-refractivity contribution in [3.8, 4) is 0 Å². The number of aromatic amines is 2. The van der Waals surface area contributed by atoms with Crippen LogP contribution in [0, 0.1) is 17.6 Å². The van der Waals surface area contributed by atoms with Crippen molar-refractivity contribution in [3.63, 3.8) is 0 Å². The molecule has 2 fully saturated rings. The normalized spacial score (nSPS) is 18.4. The summed E-state index contributed by atoms with van der Waals surface area (Å²) in [6, 6.07) is 19.4. The summed E-state index contributed by atoms with van der Waals surface area (Å²) < 4.78 is 30.6. The predicted octanol–water partition coefficient (Wildman–Crippen LogP) is 6.83. The molecule has 3 atom stereocenters. The molecule has 8 heterocycles. The van der Waals surface area contributed by atoms with Crippen molar-refractivity contribution in [1.82, 2.24) is 54.4 Å². The largest absolute Gasteiger partial charge is 0.357 e. The third-order valence-corrected chi connectivity index (χ3v) is 14.6. The van der Waals surface area contributed by atoms with Gasteiger partial charge >= 0.3 is 0 Å². The summed E-state index contributed by atoms with van der Waals surface area (Å²) in [5.74, 6) is -1.40. The highest BCUT2D eigenvalue weighted by atomic mass is 19.1. The van der Waals surface area contributed by atoms with Crippen molar-refractivity contribution < 1.29 is 37.5 Å². The number of hydrogen-bond donors (Lipinski definition) is 3. The lowest BCUT2D eigenvalue weighted by Crippen LogP contribution is -2.41. The van der Waals surface area contributed by atoms with E-state index in [-0.39, 0.29) is 83.8 Å². The number of H-pyrrole nitrogens is 2. The van der Waals surface area contributed by atoms with Gasteiger partial charge < -0.3 is 34.9 Å². The van der Waals surface area contributed by atoms with E-state index in [2.05, 4.69) is 28.4 Å². The van der Waals surface area contributed by atoms with E-state index < -0.39 is 0 Å². The van der Waals surface area contributed by atoms with Gasteiger partial charge in [0.25, 0.3) is 23.6 Å². The molecule has 0 radical (unpaired) electrons. The second kappa shape index (κ2) is 22.5. The SMILES string of the molecule is C=CC(=O)CC1CCN(C(=O)c2nn(Cc3ccc(F)cc3)c3c2CN(C(=O)c2ccc[nH]2)C[C@H]3C)CC1.C=CC(=O)NC1CCN(C(=O)c2nn(Cc3ccc(F)cc3)c3c2CN(C(=O)c2ccc[nH]2)C[C@H]3C)C1. The van der Waals surface area contributed by atoms with E-state index in [0.717, 1.165) is 46.5 Å². The van der Waals surface area contributed by atoms with Crippen molar-refractivity contribution in [3.05, 3.63) is 179 Å². The van der Waals surface area contributed by atoms with Gasteiger partial charge in [0.15, 0.2) is 17.2 Å². The minimum atomic E-state index is -0.318. The summed E-state index contributed by atoms with van der Waals surface area (Å²) in [5, 5.41) is 12.4. The zero-order valence-electron chi connectivity index (χ0n) is 42.1. The molecule has 3 N–H and O–H groups in total. The number of carbonyl (C=O) groups is 6. The molecule has 390 valence electrons. The van der Waals surface area contributed by atoms with Crippen LogP contribution in [0.3, 0.4) is 0 Å². The van der Waals surface area contributed by atoms with Crippen LogP contribution in [0.25, 0.3) is 0 Å². The molecule has 10 rings (SSSR count). The molecule has 5 amide bonds. The number of carbonyl (C=O) groups excluding carboxylic acids is 6. The molecule has 2 aromatic carbocycles. The zero-order chi connectivity index (χ0) is 52.9. The van der Waals surface area contributed by atoms with Gasteiger partial charge in [0.1, 0.15) is 23.0 Å². The fourth-order valence-electron chi connectivity index (χ4n) is 10.8. The molecule has 0 spiro atoms. The molecule has 0 saturated carbocycles. The Morgan fingerprint density at radius 2 is 1.08 bits per heavy atom. The monoisotopic (exact) mass is 1020 g/mol. The van der Waals surface area contributed by atoms with Crippen molar-refractivity contribution in [2.45, 2.75) is 83.6 Å². The van der Waals surface area contributed by atoms with Crippen LogP contribution in [-0.2, 0) is 35.8 Å². The van der Waals surface area contributed by atoms with Gasteiger partial charge in [-0.3, -0.25) is 38.1 Å². The van der Waals surface area contributed by atoms with Crippen LogP contribution in [0.4, 0.5) is 8.78 Å². The number of allylic oxidation sites excluding steroid dienone is 1. The summed E-state index contributed by atoms with van der Waals surface area (Å²) in [5.41, 5.74) is 6.72. The van der Waals surface area contributed by atoms with Gasteiger partial charge in [-0.05, 0) is 97.0 Å². The zero-order valence-corrected chi connectivity index (χ0v) is 42.1. The molecule has 17 nitrogen and oxygen atoms in total. The summed E-state index contributed by atoms with van der Waals surface area (Å²) in [6.07, 6.45) is 8.59. The Hall–Kier alpha value is -8.22. The first-order valence-corrected chi connectivity index (χ1v) is 25.4. The topological polar surface area (TPSA) is 195 Å². The Kier molecular flexibility index (Phi) is 15.5.